The molecule has 3 aliphatic rings. The fraction of sp³-hybridized carbons (Fsp3) is 0.667. The van der Waals surface area contributed by atoms with Crippen LogP contribution in [0.15, 0.2) is 23.4 Å². The molecule has 1 aromatic carbocycles. The lowest BCUT2D eigenvalue weighted by atomic mass is 9.74. The standard InChI is InChI=1S/C24H34FN3O2/c1-3-4-7-17-8-5-6-16(2)23(17)27-13-11-19(12-14-27)28-21-10-9-18(25)15-20(21)22(26-30)24(28)29/h9-10,15-17,19,23,30H,3-8,11-14H2,1-2H3/b26-22-. The number of carbonyl (C=O) groups excluding carboxylic acids is 1. The lowest BCUT2D eigenvalue weighted by Crippen LogP contribution is -2.54. The number of piperidine rings is 1. The van der Waals surface area contributed by atoms with E-state index in [2.05, 4.69) is 23.9 Å². The van der Waals surface area contributed by atoms with Gasteiger partial charge < -0.3 is 10.1 Å². The minimum atomic E-state index is -0.427. The molecule has 1 aliphatic carbocycles. The number of halogens is 1. The summed E-state index contributed by atoms with van der Waals surface area (Å²) in [4.78, 5) is 17.3. The van der Waals surface area contributed by atoms with E-state index >= 15 is 0 Å². The second kappa shape index (κ2) is 9.04. The first-order valence-corrected chi connectivity index (χ1v) is 11.6. The highest BCUT2D eigenvalue weighted by molar-refractivity contribution is 6.54. The smallest absolute Gasteiger partial charge is 0.281 e. The zero-order chi connectivity index (χ0) is 21.3. The number of rotatable bonds is 5. The predicted octanol–water partition coefficient (Wildman–Crippen LogP) is 4.81. The highest BCUT2D eigenvalue weighted by Gasteiger charge is 2.42. The third-order valence-electron chi connectivity index (χ3n) is 7.51. The zero-order valence-corrected chi connectivity index (χ0v) is 18.2. The van der Waals surface area contributed by atoms with E-state index in [1.807, 2.05) is 0 Å². The summed E-state index contributed by atoms with van der Waals surface area (Å²) in [5, 5.41) is 12.5. The van der Waals surface area contributed by atoms with E-state index < -0.39 is 5.82 Å². The summed E-state index contributed by atoms with van der Waals surface area (Å²) in [6, 6.07) is 5.01. The van der Waals surface area contributed by atoms with Crippen LogP contribution in [-0.4, -0.2) is 46.9 Å². The highest BCUT2D eigenvalue weighted by Crippen LogP contribution is 2.39. The minimum Gasteiger partial charge on any atom is -0.410 e. The van der Waals surface area contributed by atoms with Crippen molar-refractivity contribution >= 4 is 17.3 Å². The Balaban J connectivity index is 1.47. The summed E-state index contributed by atoms with van der Waals surface area (Å²) >= 11 is 0. The maximum absolute atomic E-state index is 13.7. The number of hydrogen-bond acceptors (Lipinski definition) is 4. The van der Waals surface area contributed by atoms with Crippen LogP contribution in [0, 0.1) is 17.7 Å². The van der Waals surface area contributed by atoms with Crippen molar-refractivity contribution < 1.29 is 14.4 Å². The van der Waals surface area contributed by atoms with Crippen LogP contribution in [-0.2, 0) is 4.79 Å². The maximum atomic E-state index is 13.7. The molecule has 2 heterocycles. The van der Waals surface area contributed by atoms with Crippen molar-refractivity contribution in [2.24, 2.45) is 17.0 Å². The van der Waals surface area contributed by atoms with Gasteiger partial charge in [0.1, 0.15) is 5.82 Å². The van der Waals surface area contributed by atoms with Crippen LogP contribution < -0.4 is 4.90 Å². The van der Waals surface area contributed by atoms with Crippen molar-refractivity contribution in [1.82, 2.24) is 4.90 Å². The fourth-order valence-corrected chi connectivity index (χ4v) is 6.10. The summed E-state index contributed by atoms with van der Waals surface area (Å²) in [5.41, 5.74) is 1.01. The molecule has 1 aromatic rings. The molecule has 5 nitrogen and oxygen atoms in total. The normalized spacial score (nSPS) is 29.6. The second-order valence-electron chi connectivity index (χ2n) is 9.35. The second-order valence-corrected chi connectivity index (χ2v) is 9.35. The van der Waals surface area contributed by atoms with E-state index in [0.29, 0.717) is 17.3 Å². The maximum Gasteiger partial charge on any atom is 0.281 e. The summed E-state index contributed by atoms with van der Waals surface area (Å²) in [5.74, 6) is 0.769. The van der Waals surface area contributed by atoms with Gasteiger partial charge in [-0.2, -0.15) is 0 Å². The van der Waals surface area contributed by atoms with Gasteiger partial charge in [0.2, 0.25) is 0 Å². The van der Waals surface area contributed by atoms with Gasteiger partial charge >= 0.3 is 0 Å². The molecule has 1 N–H and O–H groups in total. The van der Waals surface area contributed by atoms with Gasteiger partial charge in [0, 0.05) is 30.7 Å². The molecule has 164 valence electrons. The number of amides is 1. The van der Waals surface area contributed by atoms with Gasteiger partial charge in [-0.3, -0.25) is 9.69 Å². The van der Waals surface area contributed by atoms with E-state index in [1.54, 1.807) is 11.0 Å². The summed E-state index contributed by atoms with van der Waals surface area (Å²) in [6.07, 6.45) is 9.68. The first-order chi connectivity index (χ1) is 14.5. The van der Waals surface area contributed by atoms with Crippen molar-refractivity contribution in [3.63, 3.8) is 0 Å². The van der Waals surface area contributed by atoms with Gasteiger partial charge in [-0.25, -0.2) is 4.39 Å². The minimum absolute atomic E-state index is 0.0486. The van der Waals surface area contributed by atoms with Crippen molar-refractivity contribution in [2.45, 2.75) is 77.3 Å². The van der Waals surface area contributed by atoms with Crippen LogP contribution in [0.1, 0.15) is 70.8 Å². The van der Waals surface area contributed by atoms with Crippen LogP contribution in [0.2, 0.25) is 0 Å². The molecule has 3 unspecified atom stereocenters. The van der Waals surface area contributed by atoms with E-state index in [0.717, 1.165) is 37.8 Å². The molecule has 0 aromatic heterocycles. The summed E-state index contributed by atoms with van der Waals surface area (Å²) in [6.45, 7) is 6.64. The Morgan fingerprint density at radius 3 is 2.67 bits per heavy atom. The number of carbonyl (C=O) groups is 1. The van der Waals surface area contributed by atoms with Gasteiger partial charge in [-0.15, -0.1) is 0 Å². The molecule has 1 saturated carbocycles. The molecule has 1 saturated heterocycles. The Hall–Kier alpha value is -1.95. The molecule has 30 heavy (non-hydrogen) atoms. The van der Waals surface area contributed by atoms with Crippen LogP contribution in [0.4, 0.5) is 10.1 Å². The number of fused-ring (bicyclic) bond motifs is 1. The molecule has 1 amide bonds. The third kappa shape index (κ3) is 3.86. The summed E-state index contributed by atoms with van der Waals surface area (Å²) in [7, 11) is 0. The van der Waals surface area contributed by atoms with Gasteiger partial charge in [-0.05, 0) is 62.1 Å². The molecule has 4 rings (SSSR count). The molecule has 2 fully saturated rings. The van der Waals surface area contributed by atoms with Gasteiger partial charge in [-0.1, -0.05) is 38.3 Å². The first kappa shape index (κ1) is 21.3. The number of oxime groups is 1. The molecule has 3 atom stereocenters. The van der Waals surface area contributed by atoms with Crippen molar-refractivity contribution in [3.8, 4) is 0 Å². The molecular weight excluding hydrogens is 381 g/mol. The summed E-state index contributed by atoms with van der Waals surface area (Å²) < 4.78 is 13.7. The molecule has 0 bridgehead atoms. The Morgan fingerprint density at radius 1 is 1.20 bits per heavy atom. The Labute approximate surface area is 178 Å². The van der Waals surface area contributed by atoms with E-state index in [9.17, 15) is 14.4 Å². The molecule has 6 heteroatoms. The first-order valence-electron chi connectivity index (χ1n) is 11.6. The SMILES string of the molecule is CCCCC1CCCC(C)C1N1CCC(N2C(=O)/C(=N\O)c3cc(F)ccc32)CC1. The predicted molar refractivity (Wildman–Crippen MR) is 117 cm³/mol. The van der Waals surface area contributed by atoms with Gasteiger partial charge in [0.15, 0.2) is 5.71 Å². The number of anilines is 1. The van der Waals surface area contributed by atoms with Gasteiger partial charge in [0.25, 0.3) is 5.91 Å². The lowest BCUT2D eigenvalue weighted by molar-refractivity contribution is -0.113. The van der Waals surface area contributed by atoms with E-state index in [4.69, 9.17) is 0 Å². The average Bonchev–Trinajstić information content (AvgIpc) is 3.02. The Morgan fingerprint density at radius 2 is 1.97 bits per heavy atom. The van der Waals surface area contributed by atoms with Crippen LogP contribution >= 0.6 is 0 Å². The quantitative estimate of drug-likeness (QED) is 0.555. The fourth-order valence-electron chi connectivity index (χ4n) is 6.10. The van der Waals surface area contributed by atoms with Crippen LogP contribution in [0.25, 0.3) is 0 Å². The van der Waals surface area contributed by atoms with Crippen LogP contribution in [0.3, 0.4) is 0 Å². The molecule has 0 radical (unpaired) electrons. The zero-order valence-electron chi connectivity index (χ0n) is 18.2. The number of likely N-dealkylation sites (tertiary alicyclic amines) is 1. The van der Waals surface area contributed by atoms with E-state index in [1.165, 1.54) is 50.7 Å². The number of nitrogens with zero attached hydrogens (tertiary/aromatic N) is 3. The third-order valence-corrected chi connectivity index (χ3v) is 7.51. The van der Waals surface area contributed by atoms with Crippen molar-refractivity contribution in [2.75, 3.05) is 18.0 Å². The number of unbranched alkanes of at least 4 members (excludes halogenated alkanes) is 1. The van der Waals surface area contributed by atoms with E-state index in [-0.39, 0.29) is 17.7 Å². The largest absolute Gasteiger partial charge is 0.410 e. The van der Waals surface area contributed by atoms with Crippen molar-refractivity contribution in [1.29, 1.82) is 0 Å². The van der Waals surface area contributed by atoms with Crippen LogP contribution in [0.5, 0.6) is 0 Å². The molecule has 2 aliphatic heterocycles. The monoisotopic (exact) mass is 415 g/mol. The number of hydrogen-bond donors (Lipinski definition) is 1. The average molecular weight is 416 g/mol. The number of benzene rings is 1. The lowest BCUT2D eigenvalue weighted by Gasteiger charge is -2.47. The molecular formula is C24H34FN3O2. The molecule has 0 spiro atoms. The Bertz CT molecular complexity index is 804. The Kier molecular flexibility index (Phi) is 6.42. The topological polar surface area (TPSA) is 56.1 Å². The van der Waals surface area contributed by atoms with Gasteiger partial charge in [0.05, 0.1) is 5.69 Å². The highest BCUT2D eigenvalue weighted by atomic mass is 19.1. The van der Waals surface area contributed by atoms with Crippen molar-refractivity contribution in [3.05, 3.63) is 29.6 Å².